The molecule has 15 heavy (non-hydrogen) atoms. The van der Waals surface area contributed by atoms with Crippen molar-refractivity contribution < 1.29 is 33.4 Å². The predicted octanol–water partition coefficient (Wildman–Crippen LogP) is -2.07. The molecule has 0 atom stereocenters. The standard InChI is InChI=1S/C5H7NO7P2/c7-6-4(14(8,9)10)2-1-3-5(6)15(11,12)13/h1-3H,(H2,8,9,10)(H2,11,12,13). The average Bonchev–Trinajstić information content (AvgIpc) is 1.99. The highest BCUT2D eigenvalue weighted by Gasteiger charge is 2.35. The van der Waals surface area contributed by atoms with Crippen LogP contribution in [0.15, 0.2) is 18.2 Å². The summed E-state index contributed by atoms with van der Waals surface area (Å²) in [6.45, 7) is 0. The first-order valence-corrected chi connectivity index (χ1v) is 6.71. The Bertz CT molecular complexity index is 434. The van der Waals surface area contributed by atoms with E-state index < -0.39 is 30.8 Å². The lowest BCUT2D eigenvalue weighted by Gasteiger charge is -2.09. The van der Waals surface area contributed by atoms with E-state index in [-0.39, 0.29) is 0 Å². The Balaban J connectivity index is 3.51. The molecule has 0 amide bonds. The predicted molar refractivity (Wildman–Crippen MR) is 48.8 cm³/mol. The Labute approximate surface area is 83.7 Å². The zero-order valence-corrected chi connectivity index (χ0v) is 8.88. The Morgan fingerprint density at radius 2 is 1.33 bits per heavy atom. The van der Waals surface area contributed by atoms with Crippen LogP contribution in [0, 0.1) is 5.21 Å². The number of hydrogen-bond acceptors (Lipinski definition) is 3. The maximum absolute atomic E-state index is 11.2. The molecule has 1 aromatic heterocycles. The van der Waals surface area contributed by atoms with E-state index in [1.807, 2.05) is 0 Å². The molecule has 4 N–H and O–H groups in total. The molecule has 84 valence electrons. The van der Waals surface area contributed by atoms with Gasteiger partial charge in [-0.25, -0.2) is 9.13 Å². The van der Waals surface area contributed by atoms with Gasteiger partial charge in [0, 0.05) is 12.1 Å². The summed E-state index contributed by atoms with van der Waals surface area (Å²) in [5.41, 5.74) is -1.99. The van der Waals surface area contributed by atoms with Crippen LogP contribution in [0.25, 0.3) is 0 Å². The van der Waals surface area contributed by atoms with Crippen molar-refractivity contribution in [1.82, 2.24) is 0 Å². The van der Waals surface area contributed by atoms with E-state index in [9.17, 15) is 14.3 Å². The lowest BCUT2D eigenvalue weighted by atomic mass is 10.5. The molecular weight excluding hydrogens is 248 g/mol. The largest absolute Gasteiger partial charge is 0.617 e. The zero-order chi connectivity index (χ0) is 11.9. The third kappa shape index (κ3) is 2.63. The van der Waals surface area contributed by atoms with Crippen LogP contribution in [0.3, 0.4) is 0 Å². The van der Waals surface area contributed by atoms with Gasteiger partial charge in [-0.1, -0.05) is 0 Å². The minimum Gasteiger partial charge on any atom is -0.617 e. The van der Waals surface area contributed by atoms with Gasteiger partial charge in [-0.15, -0.1) is 0 Å². The van der Waals surface area contributed by atoms with E-state index in [2.05, 4.69) is 0 Å². The maximum Gasteiger partial charge on any atom is 0.420 e. The quantitative estimate of drug-likeness (QED) is 0.270. The molecule has 0 aliphatic carbocycles. The van der Waals surface area contributed by atoms with Gasteiger partial charge >= 0.3 is 26.1 Å². The molecule has 0 spiro atoms. The van der Waals surface area contributed by atoms with Crippen molar-refractivity contribution in [2.24, 2.45) is 0 Å². The van der Waals surface area contributed by atoms with Gasteiger partial charge in [-0.3, -0.25) is 0 Å². The highest BCUT2D eigenvalue weighted by molar-refractivity contribution is 7.60. The molecule has 10 heteroatoms. The van der Waals surface area contributed by atoms with Crippen LogP contribution in [-0.4, -0.2) is 19.6 Å². The fourth-order valence-electron chi connectivity index (χ4n) is 0.904. The van der Waals surface area contributed by atoms with Crippen molar-refractivity contribution in [2.45, 2.75) is 0 Å². The summed E-state index contributed by atoms with van der Waals surface area (Å²) in [5.74, 6) is 0. The highest BCUT2D eigenvalue weighted by atomic mass is 31.2. The van der Waals surface area contributed by atoms with Crippen molar-refractivity contribution in [1.29, 1.82) is 0 Å². The van der Waals surface area contributed by atoms with Gasteiger partial charge in [0.05, 0.1) is 0 Å². The fraction of sp³-hybridized carbons (Fsp3) is 0. The van der Waals surface area contributed by atoms with Crippen molar-refractivity contribution in [3.63, 3.8) is 0 Å². The Morgan fingerprint density at radius 3 is 1.60 bits per heavy atom. The van der Waals surface area contributed by atoms with Crippen molar-refractivity contribution in [3.05, 3.63) is 23.4 Å². The van der Waals surface area contributed by atoms with Crippen LogP contribution in [0.4, 0.5) is 0 Å². The van der Waals surface area contributed by atoms with Gasteiger partial charge < -0.3 is 24.8 Å². The third-order valence-electron chi connectivity index (χ3n) is 1.50. The normalized spacial score (nSPS) is 12.8. The van der Waals surface area contributed by atoms with Crippen LogP contribution < -0.4 is 15.6 Å². The SMILES string of the molecule is O=P(O)(O)c1cccc(P(=O)(O)O)[n+]1[O-]. The van der Waals surface area contributed by atoms with E-state index >= 15 is 0 Å². The van der Waals surface area contributed by atoms with E-state index in [4.69, 9.17) is 19.6 Å². The lowest BCUT2D eigenvalue weighted by molar-refractivity contribution is -0.568. The van der Waals surface area contributed by atoms with Crippen molar-refractivity contribution in [3.8, 4) is 0 Å². The van der Waals surface area contributed by atoms with Crippen molar-refractivity contribution >= 4 is 26.1 Å². The van der Waals surface area contributed by atoms with Crippen LogP contribution in [0.5, 0.6) is 0 Å². The topological polar surface area (TPSA) is 142 Å². The van der Waals surface area contributed by atoms with Crippen LogP contribution in [0.1, 0.15) is 0 Å². The van der Waals surface area contributed by atoms with Crippen molar-refractivity contribution in [2.75, 3.05) is 0 Å². The summed E-state index contributed by atoms with van der Waals surface area (Å²) in [7, 11) is -9.69. The molecule has 1 heterocycles. The summed E-state index contributed by atoms with van der Waals surface area (Å²) in [4.78, 5) is 34.8. The van der Waals surface area contributed by atoms with Gasteiger partial charge in [0.1, 0.15) is 0 Å². The molecular formula is C5H7NO7P2. The summed E-state index contributed by atoms with van der Waals surface area (Å²) < 4.78 is 21.1. The molecule has 1 aromatic rings. The first-order chi connectivity index (χ1) is 6.64. The highest BCUT2D eigenvalue weighted by Crippen LogP contribution is 2.34. The van der Waals surface area contributed by atoms with E-state index in [1.165, 1.54) is 0 Å². The molecule has 0 bridgehead atoms. The van der Waals surface area contributed by atoms with Crippen LogP contribution >= 0.6 is 15.2 Å². The first-order valence-electron chi connectivity index (χ1n) is 3.49. The minimum absolute atomic E-state index is 0.443. The second-order valence-corrected chi connectivity index (χ2v) is 5.72. The molecule has 0 aliphatic heterocycles. The Hall–Kier alpha value is -0.750. The van der Waals surface area contributed by atoms with Crippen LogP contribution in [0.2, 0.25) is 0 Å². The van der Waals surface area contributed by atoms with Gasteiger partial charge in [0.2, 0.25) is 0 Å². The molecule has 0 fully saturated rings. The average molecular weight is 255 g/mol. The van der Waals surface area contributed by atoms with Crippen LogP contribution in [-0.2, 0) is 9.13 Å². The fourth-order valence-corrected chi connectivity index (χ4v) is 2.23. The molecule has 0 aliphatic rings. The number of nitrogens with zero attached hydrogens (tertiary/aromatic N) is 1. The molecule has 0 saturated heterocycles. The van der Waals surface area contributed by atoms with Gasteiger partial charge in [0.25, 0.3) is 0 Å². The molecule has 0 aromatic carbocycles. The van der Waals surface area contributed by atoms with Gasteiger partial charge in [-0.2, -0.15) is 4.73 Å². The minimum atomic E-state index is -4.85. The lowest BCUT2D eigenvalue weighted by Crippen LogP contribution is -2.55. The molecule has 0 saturated carbocycles. The van der Waals surface area contributed by atoms with Gasteiger partial charge in [-0.05, 0) is 6.07 Å². The number of hydrogen-bond donors (Lipinski definition) is 4. The second kappa shape index (κ2) is 3.68. The molecule has 8 nitrogen and oxygen atoms in total. The third-order valence-corrected chi connectivity index (χ3v) is 3.36. The maximum atomic E-state index is 11.2. The second-order valence-electron chi connectivity index (χ2n) is 2.62. The summed E-state index contributed by atoms with van der Waals surface area (Å²) in [6.07, 6.45) is 0. The monoisotopic (exact) mass is 255 g/mol. The smallest absolute Gasteiger partial charge is 0.420 e. The Morgan fingerprint density at radius 1 is 1.00 bits per heavy atom. The number of rotatable bonds is 2. The first kappa shape index (κ1) is 12.3. The van der Waals surface area contributed by atoms with E-state index in [0.29, 0.717) is 0 Å². The Kier molecular flexibility index (Phi) is 3.02. The zero-order valence-electron chi connectivity index (χ0n) is 7.09. The summed E-state index contributed by atoms with van der Waals surface area (Å²) >= 11 is 0. The molecule has 0 unspecified atom stereocenters. The summed E-state index contributed by atoms with van der Waals surface area (Å²) in [6, 6.07) is 2.58. The number of aromatic nitrogens is 1. The number of pyridine rings is 1. The molecule has 0 radical (unpaired) electrons. The van der Waals surface area contributed by atoms with Gasteiger partial charge in [0.15, 0.2) is 0 Å². The van der Waals surface area contributed by atoms with E-state index in [1.54, 1.807) is 0 Å². The molecule has 1 rings (SSSR count). The summed E-state index contributed by atoms with van der Waals surface area (Å²) in [5, 5.41) is 11.2. The van der Waals surface area contributed by atoms with E-state index in [0.717, 1.165) is 18.2 Å².